The maximum atomic E-state index is 11.6. The fourth-order valence-electron chi connectivity index (χ4n) is 4.41. The second kappa shape index (κ2) is 9.42. The number of piperidine rings is 1. The minimum absolute atomic E-state index is 0.167. The second-order valence-corrected chi connectivity index (χ2v) is 10.2. The van der Waals surface area contributed by atoms with E-state index in [1.165, 1.54) is 0 Å². The van der Waals surface area contributed by atoms with Crippen molar-refractivity contribution >= 4 is 50.5 Å². The lowest BCUT2D eigenvalue weighted by atomic mass is 9.93. The second-order valence-electron chi connectivity index (χ2n) is 8.38. The number of aryl methyl sites for hydroxylation is 1. The molecule has 1 amide bonds. The molecule has 10 heteroatoms. The first-order valence-corrected chi connectivity index (χ1v) is 12.7. The summed E-state index contributed by atoms with van der Waals surface area (Å²) < 4.78 is 14.6. The molecule has 1 aromatic carbocycles. The van der Waals surface area contributed by atoms with Gasteiger partial charge in [0.1, 0.15) is 18.7 Å². The molecule has 8 nitrogen and oxygen atoms in total. The lowest BCUT2D eigenvalue weighted by molar-refractivity contribution is -0.130. The minimum atomic E-state index is 0.167. The highest BCUT2D eigenvalue weighted by Gasteiger charge is 2.23. The van der Waals surface area contributed by atoms with Crippen LogP contribution in [0.15, 0.2) is 38.9 Å². The number of nitrogens with zero attached hydrogens (tertiary/aromatic N) is 4. The largest absolute Gasteiger partial charge is 0.486 e. The molecule has 2 aliphatic heterocycles. The standard InChI is InChI=1S/C23H26BrN5O3S/c1-14(30)28-7-3-15(4-8-28)5-9-29-17-2-6-26-22(25)21(17)27-23(29)33-20-13-19-18(12-16(20)24)31-10-11-32-19/h2,6,12-13,15H,3-5,7-11H2,1H3,(H2,25,26). The predicted octanol–water partition coefficient (Wildman–Crippen LogP) is 4.35. The summed E-state index contributed by atoms with van der Waals surface area (Å²) in [6, 6.07) is 5.91. The molecule has 0 spiro atoms. The number of likely N-dealkylation sites (tertiary alicyclic amines) is 1. The number of rotatable bonds is 5. The number of ether oxygens (including phenoxy) is 2. The zero-order valence-electron chi connectivity index (χ0n) is 18.4. The fraction of sp³-hybridized carbons (Fsp3) is 0.435. The molecule has 0 saturated carbocycles. The maximum absolute atomic E-state index is 11.6. The number of imidazole rings is 1. The topological polar surface area (TPSA) is 95.5 Å². The first-order chi connectivity index (χ1) is 16.0. The summed E-state index contributed by atoms with van der Waals surface area (Å²) in [6.07, 6.45) is 4.82. The zero-order chi connectivity index (χ0) is 22.9. The van der Waals surface area contributed by atoms with Crippen molar-refractivity contribution in [2.45, 2.75) is 42.8 Å². The molecular weight excluding hydrogens is 506 g/mol. The molecule has 1 fully saturated rings. The number of anilines is 1. The Morgan fingerprint density at radius 2 is 1.97 bits per heavy atom. The van der Waals surface area contributed by atoms with Gasteiger partial charge in [0.15, 0.2) is 22.5 Å². The van der Waals surface area contributed by atoms with E-state index in [1.807, 2.05) is 23.1 Å². The van der Waals surface area contributed by atoms with Crippen molar-refractivity contribution in [3.05, 3.63) is 28.9 Å². The van der Waals surface area contributed by atoms with Gasteiger partial charge in [-0.1, -0.05) is 11.8 Å². The SMILES string of the molecule is CC(=O)N1CCC(CCn2c(Sc3cc4c(cc3Br)OCCO4)nc3c(N)nccc32)CC1. The molecular formula is C23H26BrN5O3S. The number of fused-ring (bicyclic) bond motifs is 2. The van der Waals surface area contributed by atoms with E-state index in [4.69, 9.17) is 20.2 Å². The van der Waals surface area contributed by atoms with E-state index in [-0.39, 0.29) is 5.91 Å². The van der Waals surface area contributed by atoms with E-state index in [0.717, 1.165) is 76.0 Å². The Kier molecular flexibility index (Phi) is 6.38. The molecule has 0 atom stereocenters. The van der Waals surface area contributed by atoms with Gasteiger partial charge in [0.25, 0.3) is 0 Å². The van der Waals surface area contributed by atoms with Crippen LogP contribution in [0.1, 0.15) is 26.2 Å². The highest BCUT2D eigenvalue weighted by Crippen LogP contribution is 2.42. The van der Waals surface area contributed by atoms with Gasteiger partial charge in [-0.2, -0.15) is 0 Å². The molecule has 2 aliphatic rings. The van der Waals surface area contributed by atoms with Crippen LogP contribution in [0.3, 0.4) is 0 Å². The maximum Gasteiger partial charge on any atom is 0.219 e. The molecule has 0 unspecified atom stereocenters. The van der Waals surface area contributed by atoms with Gasteiger partial charge in [-0.05, 0) is 59.3 Å². The van der Waals surface area contributed by atoms with E-state index in [2.05, 4.69) is 25.5 Å². The minimum Gasteiger partial charge on any atom is -0.486 e. The molecule has 1 saturated heterocycles. The van der Waals surface area contributed by atoms with Crippen LogP contribution in [0.4, 0.5) is 5.82 Å². The van der Waals surface area contributed by atoms with Gasteiger partial charge >= 0.3 is 0 Å². The number of halogens is 1. The Labute approximate surface area is 205 Å². The number of amides is 1. The predicted molar refractivity (Wildman–Crippen MR) is 131 cm³/mol. The van der Waals surface area contributed by atoms with E-state index in [1.54, 1.807) is 24.9 Å². The van der Waals surface area contributed by atoms with E-state index < -0.39 is 0 Å². The van der Waals surface area contributed by atoms with Gasteiger partial charge in [-0.25, -0.2) is 9.97 Å². The van der Waals surface area contributed by atoms with Crippen LogP contribution in [0.2, 0.25) is 0 Å². The molecule has 2 aromatic heterocycles. The summed E-state index contributed by atoms with van der Waals surface area (Å²) in [4.78, 5) is 23.7. The number of benzene rings is 1. The van der Waals surface area contributed by atoms with Gasteiger partial charge in [-0.3, -0.25) is 4.79 Å². The lowest BCUT2D eigenvalue weighted by Crippen LogP contribution is -2.37. The molecule has 0 bridgehead atoms. The number of hydrogen-bond donors (Lipinski definition) is 1. The molecule has 5 rings (SSSR count). The van der Waals surface area contributed by atoms with Crippen LogP contribution in [0.5, 0.6) is 11.5 Å². The Morgan fingerprint density at radius 3 is 2.70 bits per heavy atom. The van der Waals surface area contributed by atoms with Crippen LogP contribution < -0.4 is 15.2 Å². The van der Waals surface area contributed by atoms with Gasteiger partial charge in [0.2, 0.25) is 5.91 Å². The molecule has 0 aliphatic carbocycles. The van der Waals surface area contributed by atoms with Crippen molar-refractivity contribution in [2.24, 2.45) is 5.92 Å². The van der Waals surface area contributed by atoms with Crippen molar-refractivity contribution in [2.75, 3.05) is 32.0 Å². The number of hydrogen-bond acceptors (Lipinski definition) is 7. The summed E-state index contributed by atoms with van der Waals surface area (Å²) in [7, 11) is 0. The molecule has 174 valence electrons. The molecule has 2 N–H and O–H groups in total. The van der Waals surface area contributed by atoms with Crippen molar-refractivity contribution in [3.63, 3.8) is 0 Å². The van der Waals surface area contributed by atoms with Crippen LogP contribution >= 0.6 is 27.7 Å². The van der Waals surface area contributed by atoms with Crippen molar-refractivity contribution in [1.29, 1.82) is 0 Å². The first-order valence-electron chi connectivity index (χ1n) is 11.1. The number of carbonyl (C=O) groups is 1. The fourth-order valence-corrected chi connectivity index (χ4v) is 5.94. The lowest BCUT2D eigenvalue weighted by Gasteiger charge is -2.31. The monoisotopic (exact) mass is 531 g/mol. The molecule has 0 radical (unpaired) electrons. The number of aromatic nitrogens is 3. The third-order valence-corrected chi connectivity index (χ3v) is 8.25. The quantitative estimate of drug-likeness (QED) is 0.522. The van der Waals surface area contributed by atoms with Crippen molar-refractivity contribution < 1.29 is 14.3 Å². The van der Waals surface area contributed by atoms with Crippen LogP contribution in [-0.4, -0.2) is 51.6 Å². The average molecular weight is 532 g/mol. The smallest absolute Gasteiger partial charge is 0.219 e. The van der Waals surface area contributed by atoms with Crippen LogP contribution in [0.25, 0.3) is 11.0 Å². The summed E-state index contributed by atoms with van der Waals surface area (Å²) in [5.74, 6) is 2.67. The van der Waals surface area contributed by atoms with Crippen LogP contribution in [-0.2, 0) is 11.3 Å². The van der Waals surface area contributed by atoms with Gasteiger partial charge in [0.05, 0.1) is 5.52 Å². The summed E-state index contributed by atoms with van der Waals surface area (Å²) >= 11 is 5.24. The van der Waals surface area contributed by atoms with E-state index in [9.17, 15) is 4.79 Å². The van der Waals surface area contributed by atoms with E-state index in [0.29, 0.717) is 24.9 Å². The summed E-state index contributed by atoms with van der Waals surface area (Å²) in [5, 5.41) is 0.864. The van der Waals surface area contributed by atoms with Gasteiger partial charge in [0, 0.05) is 42.1 Å². The normalized spacial score (nSPS) is 16.4. The Hall–Kier alpha value is -2.46. The number of nitrogens with two attached hydrogens (primary N) is 1. The van der Waals surface area contributed by atoms with E-state index >= 15 is 0 Å². The van der Waals surface area contributed by atoms with Crippen LogP contribution in [0, 0.1) is 5.92 Å². The third kappa shape index (κ3) is 4.63. The van der Waals surface area contributed by atoms with Gasteiger partial charge in [-0.15, -0.1) is 0 Å². The highest BCUT2D eigenvalue weighted by molar-refractivity contribution is 9.10. The summed E-state index contributed by atoms with van der Waals surface area (Å²) in [6.45, 7) is 5.26. The Balaban J connectivity index is 1.40. The van der Waals surface area contributed by atoms with Crippen molar-refractivity contribution in [3.8, 4) is 11.5 Å². The summed E-state index contributed by atoms with van der Waals surface area (Å²) in [5.41, 5.74) is 7.86. The zero-order valence-corrected chi connectivity index (χ0v) is 20.8. The number of carbonyl (C=O) groups excluding carboxylic acids is 1. The number of nitrogen functional groups attached to an aromatic ring is 1. The van der Waals surface area contributed by atoms with Crippen molar-refractivity contribution in [1.82, 2.24) is 19.4 Å². The first kappa shape index (κ1) is 22.3. The molecule has 3 aromatic rings. The molecule has 4 heterocycles. The van der Waals surface area contributed by atoms with Gasteiger partial charge < -0.3 is 24.7 Å². The molecule has 33 heavy (non-hydrogen) atoms. The Bertz CT molecular complexity index is 1190. The highest BCUT2D eigenvalue weighted by atomic mass is 79.9. The third-order valence-electron chi connectivity index (χ3n) is 6.28. The number of pyridine rings is 1. The Morgan fingerprint density at radius 1 is 1.24 bits per heavy atom. The average Bonchev–Trinajstić information content (AvgIpc) is 3.17.